The number of amides is 2. The zero-order chi connectivity index (χ0) is 20.7. The first-order chi connectivity index (χ1) is 14.5. The van der Waals surface area contributed by atoms with Crippen LogP contribution in [0.2, 0.25) is 0 Å². The lowest BCUT2D eigenvalue weighted by Crippen LogP contribution is -2.42. The van der Waals surface area contributed by atoms with Gasteiger partial charge in [-0.15, -0.1) is 23.1 Å². The molecule has 0 aromatic carbocycles. The summed E-state index contributed by atoms with van der Waals surface area (Å²) < 4.78 is 0. The van der Waals surface area contributed by atoms with E-state index in [4.69, 9.17) is 5.11 Å². The van der Waals surface area contributed by atoms with Gasteiger partial charge in [-0.1, -0.05) is 17.4 Å². The molecule has 0 spiro atoms. The molecule has 4 aliphatic rings. The Hall–Kier alpha value is -1.91. The summed E-state index contributed by atoms with van der Waals surface area (Å²) in [6.07, 6.45) is 0.632. The average molecular weight is 463 g/mol. The van der Waals surface area contributed by atoms with Crippen molar-refractivity contribution >= 4 is 52.2 Å². The maximum Gasteiger partial charge on any atom is 0.305 e. The molecule has 2 saturated carbocycles. The SMILES string of the molecule is O=C(O)CCN1C(=O)C2C3CC(C2C1=O)C1C3Sc2[nH]c(=O)sc2[C@@H]1c1cccs1. The van der Waals surface area contributed by atoms with Gasteiger partial charge in [-0.3, -0.25) is 24.1 Å². The number of nitrogens with one attached hydrogen (secondary N) is 1. The lowest BCUT2D eigenvalue weighted by atomic mass is 9.69. The fourth-order valence-corrected chi connectivity index (χ4v) is 10.1. The maximum atomic E-state index is 13.2. The van der Waals surface area contributed by atoms with Gasteiger partial charge in [0.25, 0.3) is 0 Å². The number of fused-ring (bicyclic) bond motifs is 9. The molecule has 0 radical (unpaired) electrons. The van der Waals surface area contributed by atoms with Crippen LogP contribution in [0.25, 0.3) is 0 Å². The monoisotopic (exact) mass is 462 g/mol. The Balaban J connectivity index is 1.40. The van der Waals surface area contributed by atoms with Crippen LogP contribution in [0, 0.1) is 29.6 Å². The number of likely N-dealkylation sites (tertiary alicyclic amines) is 1. The van der Waals surface area contributed by atoms with Gasteiger partial charge in [0.15, 0.2) is 0 Å². The van der Waals surface area contributed by atoms with E-state index in [-0.39, 0.29) is 70.4 Å². The molecule has 1 saturated heterocycles. The molecule has 2 N–H and O–H groups in total. The molecule has 2 bridgehead atoms. The van der Waals surface area contributed by atoms with E-state index in [1.807, 2.05) is 11.4 Å². The van der Waals surface area contributed by atoms with Gasteiger partial charge in [-0.25, -0.2) is 0 Å². The highest BCUT2D eigenvalue weighted by Crippen LogP contribution is 2.68. The van der Waals surface area contributed by atoms with Crippen molar-refractivity contribution in [3.05, 3.63) is 36.9 Å². The maximum absolute atomic E-state index is 13.2. The predicted molar refractivity (Wildman–Crippen MR) is 112 cm³/mol. The van der Waals surface area contributed by atoms with E-state index in [1.54, 1.807) is 23.1 Å². The van der Waals surface area contributed by atoms with Crippen LogP contribution >= 0.6 is 34.4 Å². The smallest absolute Gasteiger partial charge is 0.305 e. The zero-order valence-corrected chi connectivity index (χ0v) is 18.1. The van der Waals surface area contributed by atoms with Gasteiger partial charge in [0.05, 0.1) is 23.3 Å². The summed E-state index contributed by atoms with van der Waals surface area (Å²) in [7, 11) is 0. The average Bonchev–Trinajstić information content (AvgIpc) is 3.48. The van der Waals surface area contributed by atoms with Gasteiger partial charge in [-0.2, -0.15) is 0 Å². The van der Waals surface area contributed by atoms with E-state index in [0.717, 1.165) is 16.3 Å². The summed E-state index contributed by atoms with van der Waals surface area (Å²) in [5.41, 5.74) is 0. The molecule has 156 valence electrons. The number of imide groups is 1. The molecule has 3 fully saturated rings. The minimum absolute atomic E-state index is 0.0447. The van der Waals surface area contributed by atoms with Gasteiger partial charge in [0, 0.05) is 27.5 Å². The highest BCUT2D eigenvalue weighted by atomic mass is 32.2. The summed E-state index contributed by atoms with van der Waals surface area (Å²) in [5, 5.41) is 12.1. The van der Waals surface area contributed by atoms with Gasteiger partial charge < -0.3 is 10.1 Å². The minimum Gasteiger partial charge on any atom is -0.481 e. The van der Waals surface area contributed by atoms with E-state index in [9.17, 15) is 19.2 Å². The highest BCUT2D eigenvalue weighted by Gasteiger charge is 2.69. The van der Waals surface area contributed by atoms with Crippen LogP contribution in [0.15, 0.2) is 27.3 Å². The van der Waals surface area contributed by atoms with Crippen LogP contribution in [0.1, 0.15) is 28.5 Å². The fraction of sp³-hybridized carbons (Fsp3) is 0.500. The van der Waals surface area contributed by atoms with Crippen molar-refractivity contribution in [1.29, 1.82) is 0 Å². The number of nitrogens with zero attached hydrogens (tertiary/aromatic N) is 1. The van der Waals surface area contributed by atoms with E-state index >= 15 is 0 Å². The largest absolute Gasteiger partial charge is 0.481 e. The first-order valence-electron chi connectivity index (χ1n) is 9.95. The first-order valence-corrected chi connectivity index (χ1v) is 12.5. The Kier molecular flexibility index (Phi) is 4.11. The Bertz CT molecular complexity index is 1120. The quantitative estimate of drug-likeness (QED) is 0.676. The number of H-pyrrole nitrogens is 1. The number of aromatic nitrogens is 1. The number of hydrogen-bond donors (Lipinski definition) is 2. The number of rotatable bonds is 4. The summed E-state index contributed by atoms with van der Waals surface area (Å²) >= 11 is 4.60. The number of carbonyl (C=O) groups excluding carboxylic acids is 2. The molecule has 30 heavy (non-hydrogen) atoms. The van der Waals surface area contributed by atoms with E-state index in [2.05, 4.69) is 11.1 Å². The van der Waals surface area contributed by atoms with Crippen LogP contribution in [0.5, 0.6) is 0 Å². The summed E-state index contributed by atoms with van der Waals surface area (Å²) in [5.74, 6) is -1.65. The predicted octanol–water partition coefficient (Wildman–Crippen LogP) is 2.45. The number of hydrogen-bond acceptors (Lipinski definition) is 7. The molecule has 2 amide bonds. The molecule has 2 aliphatic heterocycles. The number of carbonyl (C=O) groups is 3. The third kappa shape index (κ3) is 2.44. The molecular weight excluding hydrogens is 444 g/mol. The van der Waals surface area contributed by atoms with Crippen LogP contribution in [-0.2, 0) is 14.4 Å². The molecule has 2 aromatic heterocycles. The normalized spacial score (nSPS) is 36.1. The molecule has 4 heterocycles. The fourth-order valence-electron chi connectivity index (χ4n) is 6.29. The second kappa shape index (κ2) is 6.54. The van der Waals surface area contributed by atoms with Crippen LogP contribution in [0.3, 0.4) is 0 Å². The number of aromatic amines is 1. The molecule has 10 heteroatoms. The third-order valence-corrected chi connectivity index (χ3v) is 10.8. The Labute approximate surface area is 183 Å². The Morgan fingerprint density at radius 3 is 2.67 bits per heavy atom. The number of carboxylic acid groups (broad SMARTS) is 1. The molecular formula is C20H18N2O5S3. The zero-order valence-electron chi connectivity index (χ0n) is 15.6. The number of thioether (sulfide) groups is 1. The number of thiophene rings is 1. The first kappa shape index (κ1) is 18.8. The van der Waals surface area contributed by atoms with Crippen molar-refractivity contribution in [3.63, 3.8) is 0 Å². The van der Waals surface area contributed by atoms with E-state index < -0.39 is 5.97 Å². The van der Waals surface area contributed by atoms with E-state index in [0.29, 0.717) is 0 Å². The second-order valence-electron chi connectivity index (χ2n) is 8.45. The third-order valence-electron chi connectivity index (χ3n) is 7.21. The molecule has 6 rings (SSSR count). The van der Waals surface area contributed by atoms with Crippen molar-refractivity contribution in [2.24, 2.45) is 29.6 Å². The topological polar surface area (TPSA) is 108 Å². The van der Waals surface area contributed by atoms with Crippen molar-refractivity contribution in [1.82, 2.24) is 9.88 Å². The van der Waals surface area contributed by atoms with Crippen LogP contribution < -0.4 is 4.87 Å². The number of aliphatic carboxylic acids is 1. The standard InChI is InChI=1S/C20H18N2O5S3/c23-10(24)3-4-22-18(25)12-7-6-8(13(12)19(22)26)15-11(7)14(9-2-1-5-28-9)16-17(29-15)21-20(27)30-16/h1-2,5,7-8,11-15H,3-4,6H2,(H,21,27)(H,23,24)/t7?,8?,11?,12?,13?,14-,15?/m1/s1. The van der Waals surface area contributed by atoms with Crippen molar-refractivity contribution < 1.29 is 19.5 Å². The van der Waals surface area contributed by atoms with Gasteiger partial charge >= 0.3 is 10.8 Å². The van der Waals surface area contributed by atoms with Gasteiger partial charge in [0.1, 0.15) is 0 Å². The number of thiazole rings is 1. The summed E-state index contributed by atoms with van der Waals surface area (Å²) in [6, 6.07) is 4.11. The number of carboxylic acids is 1. The van der Waals surface area contributed by atoms with Crippen molar-refractivity contribution in [3.8, 4) is 0 Å². The lowest BCUT2D eigenvalue weighted by molar-refractivity contribution is -0.142. The molecule has 2 aromatic rings. The molecule has 2 aliphatic carbocycles. The molecule has 7 nitrogen and oxygen atoms in total. The highest BCUT2D eigenvalue weighted by molar-refractivity contribution is 8.00. The van der Waals surface area contributed by atoms with Crippen LogP contribution in [0.4, 0.5) is 0 Å². The summed E-state index contributed by atoms with van der Waals surface area (Å²) in [6.45, 7) is -0.0447. The molecule has 7 atom stereocenters. The Morgan fingerprint density at radius 1 is 1.20 bits per heavy atom. The minimum atomic E-state index is -1.01. The van der Waals surface area contributed by atoms with Gasteiger partial charge in [0.2, 0.25) is 11.8 Å². The van der Waals surface area contributed by atoms with Crippen molar-refractivity contribution in [2.45, 2.75) is 29.0 Å². The molecule has 6 unspecified atom stereocenters. The van der Waals surface area contributed by atoms with Crippen molar-refractivity contribution in [2.75, 3.05) is 6.54 Å². The van der Waals surface area contributed by atoms with Gasteiger partial charge in [-0.05, 0) is 35.6 Å². The Morgan fingerprint density at radius 2 is 1.97 bits per heavy atom. The van der Waals surface area contributed by atoms with E-state index in [1.165, 1.54) is 21.1 Å². The van der Waals surface area contributed by atoms with Crippen LogP contribution in [-0.4, -0.2) is 44.6 Å². The summed E-state index contributed by atoms with van der Waals surface area (Å²) in [4.78, 5) is 55.7. The lowest BCUT2D eigenvalue weighted by Gasteiger charge is -2.42. The second-order valence-corrected chi connectivity index (χ2v) is 11.6.